The molecule has 0 bridgehead atoms. The number of aromatic nitrogens is 2. The smallest absolute Gasteiger partial charge is 0.180 e. The van der Waals surface area contributed by atoms with Crippen LogP contribution in [0.3, 0.4) is 0 Å². The normalized spacial score (nSPS) is 16.1. The summed E-state index contributed by atoms with van der Waals surface area (Å²) in [5.41, 5.74) is 0.758. The summed E-state index contributed by atoms with van der Waals surface area (Å²) in [5.74, 6) is 1.01. The van der Waals surface area contributed by atoms with Gasteiger partial charge in [0, 0.05) is 32.9 Å². The standard InChI is InChI=1S/C15H24N2O2/c1-19-12-4-11-17-14(9-10-16-17)15(18)8-7-13-5-2-3-6-13/h9-10,13H,2-8,11-12H2,1H3. The van der Waals surface area contributed by atoms with Gasteiger partial charge in [-0.25, -0.2) is 0 Å². The molecule has 0 spiro atoms. The van der Waals surface area contributed by atoms with Crippen LogP contribution in [-0.4, -0.2) is 29.3 Å². The second-order valence-electron chi connectivity index (χ2n) is 5.40. The van der Waals surface area contributed by atoms with E-state index in [1.54, 1.807) is 13.3 Å². The van der Waals surface area contributed by atoms with Gasteiger partial charge in [-0.05, 0) is 24.8 Å². The molecular weight excluding hydrogens is 240 g/mol. The van der Waals surface area contributed by atoms with E-state index in [4.69, 9.17) is 4.74 Å². The third-order valence-electron chi connectivity index (χ3n) is 3.97. The number of carbonyl (C=O) groups is 1. The molecule has 2 rings (SSSR count). The summed E-state index contributed by atoms with van der Waals surface area (Å²) < 4.78 is 6.84. The van der Waals surface area contributed by atoms with Crippen molar-refractivity contribution in [2.75, 3.05) is 13.7 Å². The number of hydrogen-bond donors (Lipinski definition) is 0. The van der Waals surface area contributed by atoms with E-state index in [1.165, 1.54) is 25.7 Å². The van der Waals surface area contributed by atoms with Crippen molar-refractivity contribution in [2.24, 2.45) is 5.92 Å². The van der Waals surface area contributed by atoms with E-state index in [1.807, 2.05) is 10.7 Å². The average Bonchev–Trinajstić information content (AvgIpc) is 3.07. The fourth-order valence-electron chi connectivity index (χ4n) is 2.87. The number of hydrogen-bond acceptors (Lipinski definition) is 3. The van der Waals surface area contributed by atoms with Crippen molar-refractivity contribution in [2.45, 2.75) is 51.5 Å². The molecule has 0 N–H and O–H groups in total. The molecule has 0 atom stereocenters. The van der Waals surface area contributed by atoms with E-state index in [0.29, 0.717) is 13.0 Å². The SMILES string of the molecule is COCCCn1nccc1C(=O)CCC1CCCC1. The number of ether oxygens (including phenoxy) is 1. The Bertz CT molecular complexity index is 395. The summed E-state index contributed by atoms with van der Waals surface area (Å²) in [4.78, 5) is 12.2. The fraction of sp³-hybridized carbons (Fsp3) is 0.733. The second kappa shape index (κ2) is 7.43. The lowest BCUT2D eigenvalue weighted by Gasteiger charge is -2.09. The largest absolute Gasteiger partial charge is 0.385 e. The van der Waals surface area contributed by atoms with Crippen LogP contribution in [0.15, 0.2) is 12.3 Å². The highest BCUT2D eigenvalue weighted by molar-refractivity contribution is 5.94. The van der Waals surface area contributed by atoms with Crippen molar-refractivity contribution in [3.8, 4) is 0 Å². The zero-order valence-corrected chi connectivity index (χ0v) is 11.8. The molecule has 1 aliphatic carbocycles. The molecule has 1 fully saturated rings. The van der Waals surface area contributed by atoms with E-state index in [9.17, 15) is 4.79 Å². The van der Waals surface area contributed by atoms with Gasteiger partial charge in [-0.1, -0.05) is 25.7 Å². The van der Waals surface area contributed by atoms with Crippen LogP contribution in [0, 0.1) is 5.92 Å². The van der Waals surface area contributed by atoms with Crippen molar-refractivity contribution in [3.05, 3.63) is 18.0 Å². The summed E-state index contributed by atoms with van der Waals surface area (Å²) in [6, 6.07) is 1.84. The van der Waals surface area contributed by atoms with Gasteiger partial charge in [-0.15, -0.1) is 0 Å². The summed E-state index contributed by atoms with van der Waals surface area (Å²) in [7, 11) is 1.69. The molecule has 0 aromatic carbocycles. The third kappa shape index (κ3) is 4.16. The first-order chi connectivity index (χ1) is 9.31. The quantitative estimate of drug-likeness (QED) is 0.535. The van der Waals surface area contributed by atoms with Gasteiger partial charge in [-0.2, -0.15) is 5.10 Å². The Morgan fingerprint density at radius 3 is 3.00 bits per heavy atom. The number of methoxy groups -OCH3 is 1. The number of Topliss-reactive ketones (excluding diaryl/α,β-unsaturated/α-hetero) is 1. The minimum atomic E-state index is 0.238. The van der Waals surface area contributed by atoms with Crippen LogP contribution in [0.2, 0.25) is 0 Å². The maximum Gasteiger partial charge on any atom is 0.180 e. The molecule has 4 heteroatoms. The molecule has 1 aromatic heterocycles. The van der Waals surface area contributed by atoms with Crippen molar-refractivity contribution < 1.29 is 9.53 Å². The van der Waals surface area contributed by atoms with Crippen molar-refractivity contribution >= 4 is 5.78 Å². The Balaban J connectivity index is 1.82. The van der Waals surface area contributed by atoms with Gasteiger partial charge in [0.15, 0.2) is 5.78 Å². The molecule has 0 radical (unpaired) electrons. The highest BCUT2D eigenvalue weighted by Crippen LogP contribution is 2.28. The zero-order valence-electron chi connectivity index (χ0n) is 11.8. The monoisotopic (exact) mass is 264 g/mol. The Labute approximate surface area is 115 Å². The van der Waals surface area contributed by atoms with Crippen molar-refractivity contribution in [1.82, 2.24) is 9.78 Å². The van der Waals surface area contributed by atoms with Crippen LogP contribution < -0.4 is 0 Å². The highest BCUT2D eigenvalue weighted by Gasteiger charge is 2.18. The Hall–Kier alpha value is -1.16. The molecule has 0 saturated heterocycles. The van der Waals surface area contributed by atoms with E-state index < -0.39 is 0 Å². The highest BCUT2D eigenvalue weighted by atomic mass is 16.5. The van der Waals surface area contributed by atoms with Gasteiger partial charge in [0.05, 0.1) is 0 Å². The molecule has 0 unspecified atom stereocenters. The number of aryl methyl sites for hydroxylation is 1. The van der Waals surface area contributed by atoms with Gasteiger partial charge in [-0.3, -0.25) is 9.48 Å². The molecule has 1 aliphatic rings. The van der Waals surface area contributed by atoms with Gasteiger partial charge in [0.2, 0.25) is 0 Å². The van der Waals surface area contributed by atoms with E-state index in [2.05, 4.69) is 5.10 Å². The zero-order chi connectivity index (χ0) is 13.5. The third-order valence-corrected chi connectivity index (χ3v) is 3.97. The second-order valence-corrected chi connectivity index (χ2v) is 5.40. The number of rotatable bonds is 8. The lowest BCUT2D eigenvalue weighted by molar-refractivity contribution is 0.0962. The molecule has 0 amide bonds. The summed E-state index contributed by atoms with van der Waals surface area (Å²) in [5, 5.41) is 4.23. The molecule has 1 saturated carbocycles. The number of ketones is 1. The predicted octanol–water partition coefficient (Wildman–Crippen LogP) is 3.07. The summed E-state index contributed by atoms with van der Waals surface area (Å²) in [6.07, 6.45) is 9.61. The van der Waals surface area contributed by atoms with Gasteiger partial charge >= 0.3 is 0 Å². The molecule has 106 valence electrons. The Kier molecular flexibility index (Phi) is 5.58. The van der Waals surface area contributed by atoms with E-state index in [0.717, 1.165) is 31.0 Å². The van der Waals surface area contributed by atoms with Crippen LogP contribution in [0.25, 0.3) is 0 Å². The lowest BCUT2D eigenvalue weighted by atomic mass is 9.99. The van der Waals surface area contributed by atoms with Crippen LogP contribution in [0.4, 0.5) is 0 Å². The minimum absolute atomic E-state index is 0.238. The minimum Gasteiger partial charge on any atom is -0.385 e. The van der Waals surface area contributed by atoms with Crippen LogP contribution >= 0.6 is 0 Å². The first-order valence-corrected chi connectivity index (χ1v) is 7.35. The van der Waals surface area contributed by atoms with E-state index in [-0.39, 0.29) is 5.78 Å². The first kappa shape index (κ1) is 14.3. The molecule has 4 nitrogen and oxygen atoms in total. The number of carbonyl (C=O) groups excluding carboxylic acids is 1. The average molecular weight is 264 g/mol. The molecule has 1 heterocycles. The van der Waals surface area contributed by atoms with Crippen molar-refractivity contribution in [3.63, 3.8) is 0 Å². The van der Waals surface area contributed by atoms with Gasteiger partial charge in [0.25, 0.3) is 0 Å². The Morgan fingerprint density at radius 2 is 2.26 bits per heavy atom. The fourth-order valence-corrected chi connectivity index (χ4v) is 2.87. The van der Waals surface area contributed by atoms with Crippen molar-refractivity contribution in [1.29, 1.82) is 0 Å². The summed E-state index contributed by atoms with van der Waals surface area (Å²) >= 11 is 0. The maximum atomic E-state index is 12.2. The van der Waals surface area contributed by atoms with E-state index >= 15 is 0 Å². The summed E-state index contributed by atoms with van der Waals surface area (Å²) in [6.45, 7) is 1.46. The first-order valence-electron chi connectivity index (χ1n) is 7.35. The van der Waals surface area contributed by atoms with Gasteiger partial charge in [0.1, 0.15) is 5.69 Å². The van der Waals surface area contributed by atoms with Crippen LogP contribution in [-0.2, 0) is 11.3 Å². The Morgan fingerprint density at radius 1 is 1.47 bits per heavy atom. The molecule has 0 aliphatic heterocycles. The lowest BCUT2D eigenvalue weighted by Crippen LogP contribution is -2.12. The maximum absolute atomic E-state index is 12.2. The molecule has 19 heavy (non-hydrogen) atoms. The van der Waals surface area contributed by atoms with Crippen LogP contribution in [0.1, 0.15) is 55.4 Å². The predicted molar refractivity (Wildman–Crippen MR) is 74.2 cm³/mol. The topological polar surface area (TPSA) is 44.1 Å². The molecular formula is C15H24N2O2. The molecule has 1 aromatic rings. The number of nitrogens with zero attached hydrogens (tertiary/aromatic N) is 2. The van der Waals surface area contributed by atoms with Crippen LogP contribution in [0.5, 0.6) is 0 Å². The van der Waals surface area contributed by atoms with Gasteiger partial charge < -0.3 is 4.74 Å².